The van der Waals surface area contributed by atoms with Crippen LogP contribution in [0, 0.1) is 0 Å². The maximum absolute atomic E-state index is 12.7. The van der Waals surface area contributed by atoms with Gasteiger partial charge in [-0.05, 0) is 31.0 Å². The Balaban J connectivity index is 0.00000259. The van der Waals surface area contributed by atoms with Crippen molar-refractivity contribution in [2.75, 3.05) is 36.4 Å². The molecule has 0 bridgehead atoms. The predicted molar refractivity (Wildman–Crippen MR) is 143 cm³/mol. The molecule has 5 rings (SSSR count). The quantitative estimate of drug-likeness (QED) is 0.407. The number of amides is 1. The van der Waals surface area contributed by atoms with Crippen molar-refractivity contribution in [1.82, 2.24) is 9.88 Å². The molecule has 1 aliphatic heterocycles. The number of hydrogen-bond acceptors (Lipinski definition) is 6. The van der Waals surface area contributed by atoms with Crippen LogP contribution in [0.25, 0.3) is 10.6 Å². The molecule has 0 atom stereocenters. The minimum absolute atomic E-state index is 0. The molecular weight excluding hydrogens is 495 g/mol. The second-order valence-electron chi connectivity index (χ2n) is 8.44. The first-order chi connectivity index (χ1) is 15.7. The van der Waals surface area contributed by atoms with Crippen LogP contribution in [0.5, 0.6) is 0 Å². The van der Waals surface area contributed by atoms with E-state index in [9.17, 15) is 4.79 Å². The van der Waals surface area contributed by atoms with E-state index in [1.165, 1.54) is 32.1 Å². The highest BCUT2D eigenvalue weighted by atomic mass is 35.5. The van der Waals surface area contributed by atoms with Crippen molar-refractivity contribution in [3.8, 4) is 10.6 Å². The molecule has 2 fully saturated rings. The van der Waals surface area contributed by atoms with Gasteiger partial charge in [-0.15, -0.1) is 23.7 Å². The molecular formula is C24H28Cl2N4OS2. The molecule has 0 unspecified atom stereocenters. The first-order valence-electron chi connectivity index (χ1n) is 11.3. The van der Waals surface area contributed by atoms with E-state index in [0.29, 0.717) is 10.7 Å². The number of thiazole rings is 1. The maximum atomic E-state index is 12.7. The molecule has 1 aromatic carbocycles. The average molecular weight is 524 g/mol. The van der Waals surface area contributed by atoms with Crippen LogP contribution < -0.4 is 10.2 Å². The summed E-state index contributed by atoms with van der Waals surface area (Å²) in [4.78, 5) is 23.7. The molecule has 5 nitrogen and oxygen atoms in total. The maximum Gasteiger partial charge on any atom is 0.257 e. The molecule has 0 radical (unpaired) electrons. The summed E-state index contributed by atoms with van der Waals surface area (Å²) in [5.41, 5.74) is 1.55. The lowest BCUT2D eigenvalue weighted by atomic mass is 9.94. The standard InChI is InChI=1S/C24H27ClN4OS2.ClH/c25-18-15-20(31-16-18)21-23(29-13-11-28(12-14-29)19-9-5-2-6-10-19)32-24(26-21)27-22(30)17-7-3-1-4-8-17;/h1,3-4,7-8,15-16,19H,2,5-6,9-14H2,(H,26,27,30);1H. The lowest BCUT2D eigenvalue weighted by Crippen LogP contribution is -2.50. The highest BCUT2D eigenvalue weighted by Gasteiger charge is 2.28. The Morgan fingerprint density at radius 2 is 1.79 bits per heavy atom. The van der Waals surface area contributed by atoms with Crippen molar-refractivity contribution in [2.24, 2.45) is 0 Å². The van der Waals surface area contributed by atoms with Gasteiger partial charge in [0.15, 0.2) is 5.13 Å². The summed E-state index contributed by atoms with van der Waals surface area (Å²) in [7, 11) is 0. The van der Waals surface area contributed by atoms with Gasteiger partial charge in [-0.3, -0.25) is 15.0 Å². The molecule has 3 heterocycles. The van der Waals surface area contributed by atoms with Gasteiger partial charge in [0.2, 0.25) is 0 Å². The smallest absolute Gasteiger partial charge is 0.257 e. The first-order valence-corrected chi connectivity index (χ1v) is 13.4. The number of nitrogens with one attached hydrogen (secondary N) is 1. The highest BCUT2D eigenvalue weighted by molar-refractivity contribution is 7.21. The summed E-state index contributed by atoms with van der Waals surface area (Å²) in [5, 5.41) is 7.40. The number of rotatable bonds is 5. The van der Waals surface area contributed by atoms with Gasteiger partial charge in [0.25, 0.3) is 5.91 Å². The largest absolute Gasteiger partial charge is 0.359 e. The van der Waals surface area contributed by atoms with Gasteiger partial charge in [-0.25, -0.2) is 4.98 Å². The average Bonchev–Trinajstić information content (AvgIpc) is 3.46. The van der Waals surface area contributed by atoms with Gasteiger partial charge in [-0.2, -0.15) is 0 Å². The van der Waals surface area contributed by atoms with Crippen LogP contribution in [0.2, 0.25) is 5.02 Å². The van der Waals surface area contributed by atoms with Crippen LogP contribution in [-0.2, 0) is 0 Å². The van der Waals surface area contributed by atoms with E-state index >= 15 is 0 Å². The van der Waals surface area contributed by atoms with Crippen LogP contribution >= 0.6 is 46.7 Å². The fourth-order valence-corrected chi connectivity index (χ4v) is 6.83. The number of nitrogens with zero attached hydrogens (tertiary/aromatic N) is 3. The summed E-state index contributed by atoms with van der Waals surface area (Å²) in [6.45, 7) is 4.13. The van der Waals surface area contributed by atoms with Gasteiger partial charge >= 0.3 is 0 Å². The van der Waals surface area contributed by atoms with E-state index in [0.717, 1.165) is 52.8 Å². The number of halogens is 2. The van der Waals surface area contributed by atoms with Crippen molar-refractivity contribution in [3.63, 3.8) is 0 Å². The third kappa shape index (κ3) is 5.72. The monoisotopic (exact) mass is 522 g/mol. The van der Waals surface area contributed by atoms with Gasteiger partial charge in [0.1, 0.15) is 10.7 Å². The van der Waals surface area contributed by atoms with Crippen molar-refractivity contribution < 1.29 is 4.79 Å². The van der Waals surface area contributed by atoms with Gasteiger partial charge in [0.05, 0.1) is 9.90 Å². The van der Waals surface area contributed by atoms with Crippen LogP contribution in [-0.4, -0.2) is 48.0 Å². The fourth-order valence-electron chi connectivity index (χ4n) is 4.67. The summed E-state index contributed by atoms with van der Waals surface area (Å²) in [5.74, 6) is -0.135. The molecule has 2 aromatic heterocycles. The molecule has 1 amide bonds. The number of thiophene rings is 1. The van der Waals surface area contributed by atoms with Crippen LogP contribution in [0.4, 0.5) is 10.1 Å². The molecule has 2 aliphatic rings. The molecule has 1 saturated heterocycles. The number of aromatic nitrogens is 1. The Morgan fingerprint density at radius 1 is 1.06 bits per heavy atom. The first kappa shape index (κ1) is 24.5. The van der Waals surface area contributed by atoms with Gasteiger partial charge in [-0.1, -0.05) is 60.4 Å². The highest BCUT2D eigenvalue weighted by Crippen LogP contribution is 2.42. The van der Waals surface area contributed by atoms with Gasteiger partial charge in [0, 0.05) is 43.2 Å². The Hall–Kier alpha value is -1.64. The summed E-state index contributed by atoms with van der Waals surface area (Å²) in [6, 6.07) is 12.0. The zero-order valence-electron chi connectivity index (χ0n) is 18.3. The molecule has 33 heavy (non-hydrogen) atoms. The lowest BCUT2D eigenvalue weighted by molar-refractivity contribution is 0.102. The number of piperazine rings is 1. The van der Waals surface area contributed by atoms with Gasteiger partial charge < -0.3 is 4.90 Å². The summed E-state index contributed by atoms with van der Waals surface area (Å²) >= 11 is 9.37. The fraction of sp³-hybridized carbons (Fsp3) is 0.417. The molecule has 3 aromatic rings. The Kier molecular flexibility index (Phi) is 8.30. The molecule has 1 saturated carbocycles. The van der Waals surface area contributed by atoms with E-state index in [4.69, 9.17) is 16.6 Å². The second-order valence-corrected chi connectivity index (χ2v) is 10.8. The van der Waals surface area contributed by atoms with Crippen molar-refractivity contribution in [2.45, 2.75) is 38.1 Å². The minimum Gasteiger partial charge on any atom is -0.359 e. The zero-order valence-corrected chi connectivity index (χ0v) is 21.5. The number of anilines is 2. The molecule has 1 N–H and O–H groups in total. The topological polar surface area (TPSA) is 48.5 Å². The Labute approximate surface area is 214 Å². The normalized spacial score (nSPS) is 17.5. The third-order valence-electron chi connectivity index (χ3n) is 6.36. The minimum atomic E-state index is -0.135. The lowest BCUT2D eigenvalue weighted by Gasteiger charge is -2.41. The van der Waals surface area contributed by atoms with Crippen molar-refractivity contribution in [3.05, 3.63) is 52.4 Å². The van der Waals surface area contributed by atoms with E-state index in [1.807, 2.05) is 41.8 Å². The number of benzene rings is 1. The van der Waals surface area contributed by atoms with Crippen LogP contribution in [0.3, 0.4) is 0 Å². The second kappa shape index (κ2) is 11.2. The van der Waals surface area contributed by atoms with Crippen molar-refractivity contribution in [1.29, 1.82) is 0 Å². The summed E-state index contributed by atoms with van der Waals surface area (Å²) in [6.07, 6.45) is 6.81. The van der Waals surface area contributed by atoms with Crippen molar-refractivity contribution >= 4 is 62.7 Å². The van der Waals surface area contributed by atoms with Crippen LogP contribution in [0.15, 0.2) is 41.8 Å². The SMILES string of the molecule is Cl.O=C(Nc1nc(-c2cc(Cl)cs2)c(N2CCN(C3CCCCC3)CC2)s1)c1ccccc1. The number of carbonyl (C=O) groups excluding carboxylic acids is 1. The molecule has 0 spiro atoms. The number of hydrogen-bond donors (Lipinski definition) is 1. The van der Waals surface area contributed by atoms with Crippen LogP contribution in [0.1, 0.15) is 42.5 Å². The Bertz CT molecular complexity index is 1060. The van der Waals surface area contributed by atoms with E-state index in [2.05, 4.69) is 15.1 Å². The molecule has 1 aliphatic carbocycles. The number of carbonyl (C=O) groups is 1. The third-order valence-corrected chi connectivity index (χ3v) is 8.68. The molecule has 176 valence electrons. The predicted octanol–water partition coefficient (Wildman–Crippen LogP) is 6.65. The van der Waals surface area contributed by atoms with E-state index in [-0.39, 0.29) is 18.3 Å². The Morgan fingerprint density at radius 3 is 2.45 bits per heavy atom. The molecule has 9 heteroatoms. The van der Waals surface area contributed by atoms with E-state index < -0.39 is 0 Å². The van der Waals surface area contributed by atoms with E-state index in [1.54, 1.807) is 22.7 Å². The summed E-state index contributed by atoms with van der Waals surface area (Å²) < 4.78 is 0. The zero-order chi connectivity index (χ0) is 21.9.